The van der Waals surface area contributed by atoms with Gasteiger partial charge in [-0.15, -0.1) is 0 Å². The fraction of sp³-hybridized carbons (Fsp3) is 0.833. The van der Waals surface area contributed by atoms with Crippen LogP contribution in [0.1, 0.15) is 58.8 Å². The van der Waals surface area contributed by atoms with Crippen LogP contribution in [0.3, 0.4) is 0 Å². The number of unbranched alkanes of at least 4 members (excludes halogenated alkanes) is 3. The smallest absolute Gasteiger partial charge is 0.126 e. The topological polar surface area (TPSA) is 34.1 Å². The van der Waals surface area contributed by atoms with E-state index in [1.54, 1.807) is 0 Å². The second kappa shape index (κ2) is 7.72. The maximum atomic E-state index is 11.0. The molecular formula is C12H22O2. The van der Waals surface area contributed by atoms with Gasteiger partial charge in [-0.05, 0) is 12.8 Å². The lowest BCUT2D eigenvalue weighted by atomic mass is 9.79. The summed E-state index contributed by atoms with van der Waals surface area (Å²) in [5, 5.41) is 0. The van der Waals surface area contributed by atoms with Gasteiger partial charge in [0.15, 0.2) is 0 Å². The molecule has 0 saturated carbocycles. The Kier molecular flexibility index (Phi) is 7.35. The van der Waals surface area contributed by atoms with E-state index in [1.165, 1.54) is 19.3 Å². The molecule has 0 fully saturated rings. The van der Waals surface area contributed by atoms with Crippen molar-refractivity contribution in [2.45, 2.75) is 58.8 Å². The number of carbonyl (C=O) groups is 2. The van der Waals surface area contributed by atoms with Crippen molar-refractivity contribution in [2.75, 3.05) is 0 Å². The van der Waals surface area contributed by atoms with Gasteiger partial charge in [0.1, 0.15) is 12.6 Å². The number of aldehydes is 2. The highest BCUT2D eigenvalue weighted by atomic mass is 16.1. The Hall–Kier alpha value is -0.660. The minimum atomic E-state index is -0.366. The van der Waals surface area contributed by atoms with E-state index < -0.39 is 0 Å². The van der Waals surface area contributed by atoms with Crippen molar-refractivity contribution >= 4 is 12.6 Å². The molecule has 0 aromatic heterocycles. The summed E-state index contributed by atoms with van der Waals surface area (Å²) in [6.45, 7) is 4.15. The van der Waals surface area contributed by atoms with Gasteiger partial charge in [-0.2, -0.15) is 0 Å². The molecule has 2 nitrogen and oxygen atoms in total. The predicted molar refractivity (Wildman–Crippen MR) is 58.2 cm³/mol. The van der Waals surface area contributed by atoms with Crippen LogP contribution in [-0.4, -0.2) is 12.6 Å². The van der Waals surface area contributed by atoms with E-state index in [4.69, 9.17) is 0 Å². The van der Waals surface area contributed by atoms with E-state index >= 15 is 0 Å². The molecule has 0 radical (unpaired) electrons. The molecule has 1 atom stereocenters. The molecule has 0 aliphatic carbocycles. The van der Waals surface area contributed by atoms with Crippen LogP contribution in [-0.2, 0) is 9.59 Å². The van der Waals surface area contributed by atoms with E-state index in [9.17, 15) is 9.59 Å². The molecule has 0 heterocycles. The Balaban J connectivity index is 3.94. The maximum absolute atomic E-state index is 11.0. The Morgan fingerprint density at radius 1 is 1.07 bits per heavy atom. The molecule has 0 amide bonds. The zero-order chi connectivity index (χ0) is 10.9. The lowest BCUT2D eigenvalue weighted by molar-refractivity contribution is -0.121. The maximum Gasteiger partial charge on any atom is 0.126 e. The molecule has 0 aliphatic rings. The van der Waals surface area contributed by atoms with Crippen LogP contribution in [0.15, 0.2) is 0 Å². The van der Waals surface area contributed by atoms with Crippen molar-refractivity contribution < 1.29 is 9.59 Å². The number of hydrogen-bond donors (Lipinski definition) is 0. The number of hydrogen-bond acceptors (Lipinski definition) is 2. The summed E-state index contributed by atoms with van der Waals surface area (Å²) in [4.78, 5) is 21.4. The third-order valence-corrected chi connectivity index (χ3v) is 2.97. The molecule has 0 rings (SSSR count). The summed E-state index contributed by atoms with van der Waals surface area (Å²) in [5.41, 5.74) is -0.366. The summed E-state index contributed by atoms with van der Waals surface area (Å²) in [7, 11) is 0. The number of rotatable bonds is 9. The summed E-state index contributed by atoms with van der Waals surface area (Å²) in [5.74, 6) is 0. The first kappa shape index (κ1) is 13.3. The van der Waals surface area contributed by atoms with Gasteiger partial charge in [-0.1, -0.05) is 39.5 Å². The number of carbonyl (C=O) groups excluding carboxylic acids is 2. The van der Waals surface area contributed by atoms with Gasteiger partial charge in [-0.3, -0.25) is 0 Å². The van der Waals surface area contributed by atoms with E-state index in [2.05, 4.69) is 6.92 Å². The van der Waals surface area contributed by atoms with Crippen molar-refractivity contribution in [1.29, 1.82) is 0 Å². The van der Waals surface area contributed by atoms with Gasteiger partial charge in [-0.25, -0.2) is 0 Å². The molecule has 0 aromatic carbocycles. The SMILES string of the molecule is CCCCCCC(C=O)(CC)CC=O. The summed E-state index contributed by atoms with van der Waals surface area (Å²) >= 11 is 0. The van der Waals surface area contributed by atoms with E-state index in [0.717, 1.165) is 31.8 Å². The molecule has 0 N–H and O–H groups in total. The van der Waals surface area contributed by atoms with Crippen molar-refractivity contribution in [2.24, 2.45) is 5.41 Å². The standard InChI is InChI=1S/C12H22O2/c1-3-5-6-7-8-12(4-2,11-14)9-10-13/h10-11H,3-9H2,1-2H3. The summed E-state index contributed by atoms with van der Waals surface area (Å²) in [6, 6.07) is 0. The van der Waals surface area contributed by atoms with E-state index in [1.807, 2.05) is 6.92 Å². The molecular weight excluding hydrogens is 176 g/mol. The third kappa shape index (κ3) is 4.54. The van der Waals surface area contributed by atoms with Gasteiger partial charge in [0, 0.05) is 11.8 Å². The normalized spacial score (nSPS) is 14.7. The minimum absolute atomic E-state index is 0.366. The predicted octanol–water partition coefficient (Wildman–Crippen LogP) is 3.14. The van der Waals surface area contributed by atoms with Gasteiger partial charge >= 0.3 is 0 Å². The zero-order valence-corrected chi connectivity index (χ0v) is 9.42. The molecule has 0 aromatic rings. The monoisotopic (exact) mass is 198 g/mol. The largest absolute Gasteiger partial charge is 0.303 e. The highest BCUT2D eigenvalue weighted by Crippen LogP contribution is 2.29. The highest BCUT2D eigenvalue weighted by molar-refractivity contribution is 5.66. The first-order chi connectivity index (χ1) is 6.74. The van der Waals surface area contributed by atoms with Gasteiger partial charge in [0.25, 0.3) is 0 Å². The summed E-state index contributed by atoms with van der Waals surface area (Å²) < 4.78 is 0. The van der Waals surface area contributed by atoms with Crippen LogP contribution in [0.2, 0.25) is 0 Å². The fourth-order valence-corrected chi connectivity index (χ4v) is 1.68. The van der Waals surface area contributed by atoms with Crippen LogP contribution >= 0.6 is 0 Å². The Morgan fingerprint density at radius 3 is 2.21 bits per heavy atom. The van der Waals surface area contributed by atoms with E-state index in [-0.39, 0.29) is 5.41 Å². The lowest BCUT2D eigenvalue weighted by Gasteiger charge is -2.23. The van der Waals surface area contributed by atoms with Gasteiger partial charge in [0.2, 0.25) is 0 Å². The first-order valence-electron chi connectivity index (χ1n) is 5.64. The summed E-state index contributed by atoms with van der Waals surface area (Å²) in [6.07, 6.45) is 8.55. The Labute approximate surface area is 87.1 Å². The van der Waals surface area contributed by atoms with Gasteiger partial charge < -0.3 is 9.59 Å². The molecule has 2 heteroatoms. The Bertz CT molecular complexity index is 166. The van der Waals surface area contributed by atoms with Crippen LogP contribution in [0.4, 0.5) is 0 Å². The average Bonchev–Trinajstić information content (AvgIpc) is 2.23. The second-order valence-corrected chi connectivity index (χ2v) is 4.02. The molecule has 14 heavy (non-hydrogen) atoms. The highest BCUT2D eigenvalue weighted by Gasteiger charge is 2.26. The van der Waals surface area contributed by atoms with Crippen LogP contribution in [0.25, 0.3) is 0 Å². The second-order valence-electron chi connectivity index (χ2n) is 4.02. The molecule has 0 saturated heterocycles. The minimum Gasteiger partial charge on any atom is -0.303 e. The molecule has 1 unspecified atom stereocenters. The van der Waals surface area contributed by atoms with Crippen LogP contribution in [0, 0.1) is 5.41 Å². The zero-order valence-electron chi connectivity index (χ0n) is 9.42. The average molecular weight is 198 g/mol. The fourth-order valence-electron chi connectivity index (χ4n) is 1.68. The molecule has 0 spiro atoms. The van der Waals surface area contributed by atoms with Crippen molar-refractivity contribution in [1.82, 2.24) is 0 Å². The van der Waals surface area contributed by atoms with Crippen molar-refractivity contribution in [3.05, 3.63) is 0 Å². The first-order valence-corrected chi connectivity index (χ1v) is 5.64. The lowest BCUT2D eigenvalue weighted by Crippen LogP contribution is -2.22. The quantitative estimate of drug-likeness (QED) is 0.421. The molecule has 0 bridgehead atoms. The Morgan fingerprint density at radius 2 is 1.79 bits per heavy atom. The van der Waals surface area contributed by atoms with Crippen molar-refractivity contribution in [3.63, 3.8) is 0 Å². The molecule has 82 valence electrons. The molecule has 0 aliphatic heterocycles. The van der Waals surface area contributed by atoms with Crippen molar-refractivity contribution in [3.8, 4) is 0 Å². The van der Waals surface area contributed by atoms with Crippen LogP contribution < -0.4 is 0 Å². The van der Waals surface area contributed by atoms with Gasteiger partial charge in [0.05, 0.1) is 0 Å². The van der Waals surface area contributed by atoms with E-state index in [0.29, 0.717) is 6.42 Å². The third-order valence-electron chi connectivity index (χ3n) is 2.97. The van der Waals surface area contributed by atoms with Crippen LogP contribution in [0.5, 0.6) is 0 Å².